The maximum Gasteiger partial charge on any atom is 0.180 e. The molecule has 1 aromatic rings. The van der Waals surface area contributed by atoms with E-state index in [4.69, 9.17) is 5.73 Å². The van der Waals surface area contributed by atoms with Gasteiger partial charge in [0.25, 0.3) is 0 Å². The summed E-state index contributed by atoms with van der Waals surface area (Å²) in [7, 11) is 2.18. The van der Waals surface area contributed by atoms with Crippen LogP contribution in [0.15, 0.2) is 6.20 Å². The van der Waals surface area contributed by atoms with Crippen molar-refractivity contribution in [1.82, 2.24) is 14.8 Å². The number of hydrogen-bond donors (Lipinski definition) is 1. The molecule has 6 heteroatoms. The molecule has 4 nitrogen and oxygen atoms in total. The van der Waals surface area contributed by atoms with Gasteiger partial charge in [0.15, 0.2) is 5.13 Å². The molecular formula is C10H19ClN4S. The number of nitrogen functional groups attached to an aromatic ring is 1. The minimum absolute atomic E-state index is 0. The largest absolute Gasteiger partial charge is 0.375 e. The molecule has 1 fully saturated rings. The van der Waals surface area contributed by atoms with Gasteiger partial charge in [-0.05, 0) is 14.0 Å². The fourth-order valence-electron chi connectivity index (χ4n) is 2.01. The Morgan fingerprint density at radius 1 is 1.56 bits per heavy atom. The number of aromatic nitrogens is 1. The second-order valence-corrected chi connectivity index (χ2v) is 5.39. The number of piperazine rings is 1. The van der Waals surface area contributed by atoms with Gasteiger partial charge in [-0.15, -0.1) is 23.7 Å². The Morgan fingerprint density at radius 3 is 2.88 bits per heavy atom. The zero-order chi connectivity index (χ0) is 10.8. The number of halogens is 1. The lowest BCUT2D eigenvalue weighted by Gasteiger charge is -2.37. The molecule has 0 bridgehead atoms. The first-order valence-corrected chi connectivity index (χ1v) is 6.09. The van der Waals surface area contributed by atoms with Gasteiger partial charge in [-0.1, -0.05) is 0 Å². The lowest BCUT2D eigenvalue weighted by molar-refractivity contribution is 0.0947. The van der Waals surface area contributed by atoms with Gasteiger partial charge < -0.3 is 10.6 Å². The van der Waals surface area contributed by atoms with Crippen molar-refractivity contribution in [3.05, 3.63) is 11.1 Å². The van der Waals surface area contributed by atoms with Crippen molar-refractivity contribution in [2.75, 3.05) is 32.4 Å². The van der Waals surface area contributed by atoms with E-state index in [9.17, 15) is 0 Å². The van der Waals surface area contributed by atoms with Gasteiger partial charge in [0.05, 0.1) is 0 Å². The SMILES string of the molecule is CC1CN(C)CCN1Cc1cnc(N)s1.Cl. The van der Waals surface area contributed by atoms with Crippen molar-refractivity contribution in [3.8, 4) is 0 Å². The van der Waals surface area contributed by atoms with E-state index in [0.29, 0.717) is 11.2 Å². The Kier molecular flexibility index (Phi) is 4.98. The number of hydrogen-bond acceptors (Lipinski definition) is 5. The summed E-state index contributed by atoms with van der Waals surface area (Å²) in [6, 6.07) is 0.618. The third-order valence-corrected chi connectivity index (χ3v) is 3.71. The van der Waals surface area contributed by atoms with Gasteiger partial charge in [0.2, 0.25) is 0 Å². The normalized spacial score (nSPS) is 23.0. The summed E-state index contributed by atoms with van der Waals surface area (Å²) >= 11 is 1.60. The Morgan fingerprint density at radius 2 is 2.31 bits per heavy atom. The summed E-state index contributed by atoms with van der Waals surface area (Å²) in [5.41, 5.74) is 5.62. The zero-order valence-corrected chi connectivity index (χ0v) is 11.4. The van der Waals surface area contributed by atoms with Crippen LogP contribution in [0.5, 0.6) is 0 Å². The molecule has 1 saturated heterocycles. The Labute approximate surface area is 107 Å². The quantitative estimate of drug-likeness (QED) is 0.872. The van der Waals surface area contributed by atoms with E-state index in [0.717, 1.165) is 26.2 Å². The van der Waals surface area contributed by atoms with Gasteiger partial charge in [-0.2, -0.15) is 0 Å². The molecule has 1 aromatic heterocycles. The van der Waals surface area contributed by atoms with E-state index in [2.05, 4.69) is 28.8 Å². The minimum atomic E-state index is 0. The average molecular weight is 263 g/mol. The van der Waals surface area contributed by atoms with Crippen molar-refractivity contribution in [1.29, 1.82) is 0 Å². The smallest absolute Gasteiger partial charge is 0.180 e. The second kappa shape index (κ2) is 5.82. The van der Waals surface area contributed by atoms with E-state index in [1.165, 1.54) is 4.88 Å². The van der Waals surface area contributed by atoms with Crippen molar-refractivity contribution in [2.45, 2.75) is 19.5 Å². The molecule has 0 spiro atoms. The molecule has 1 unspecified atom stereocenters. The summed E-state index contributed by atoms with van der Waals surface area (Å²) in [6.07, 6.45) is 1.89. The highest BCUT2D eigenvalue weighted by Gasteiger charge is 2.21. The van der Waals surface area contributed by atoms with Crippen LogP contribution in [0.25, 0.3) is 0 Å². The Balaban J connectivity index is 0.00000128. The predicted octanol–water partition coefficient (Wildman–Crippen LogP) is 1.28. The van der Waals surface area contributed by atoms with Crippen LogP contribution in [-0.2, 0) is 6.54 Å². The zero-order valence-electron chi connectivity index (χ0n) is 9.72. The number of anilines is 1. The van der Waals surface area contributed by atoms with E-state index < -0.39 is 0 Å². The molecule has 1 atom stereocenters. The molecule has 0 aromatic carbocycles. The molecule has 2 rings (SSSR count). The van der Waals surface area contributed by atoms with Crippen molar-refractivity contribution in [3.63, 3.8) is 0 Å². The minimum Gasteiger partial charge on any atom is -0.375 e. The van der Waals surface area contributed by atoms with Crippen molar-refractivity contribution in [2.24, 2.45) is 0 Å². The summed E-state index contributed by atoms with van der Waals surface area (Å²) in [6.45, 7) is 6.70. The first kappa shape index (κ1) is 13.7. The van der Waals surface area contributed by atoms with Gasteiger partial charge in [0.1, 0.15) is 0 Å². The molecule has 92 valence electrons. The van der Waals surface area contributed by atoms with Gasteiger partial charge in [-0.25, -0.2) is 4.98 Å². The lowest BCUT2D eigenvalue weighted by Crippen LogP contribution is -2.49. The first-order valence-electron chi connectivity index (χ1n) is 5.28. The monoisotopic (exact) mass is 262 g/mol. The topological polar surface area (TPSA) is 45.4 Å². The summed E-state index contributed by atoms with van der Waals surface area (Å²) in [4.78, 5) is 10.2. The second-order valence-electron chi connectivity index (χ2n) is 4.25. The number of rotatable bonds is 2. The van der Waals surface area contributed by atoms with E-state index >= 15 is 0 Å². The van der Waals surface area contributed by atoms with Gasteiger partial charge in [-0.3, -0.25) is 4.90 Å². The highest BCUT2D eigenvalue weighted by Crippen LogP contribution is 2.19. The first-order chi connectivity index (χ1) is 7.15. The van der Waals surface area contributed by atoms with Crippen LogP contribution in [0.4, 0.5) is 5.13 Å². The van der Waals surface area contributed by atoms with E-state index in [1.54, 1.807) is 11.3 Å². The molecule has 2 N–H and O–H groups in total. The fraction of sp³-hybridized carbons (Fsp3) is 0.700. The molecule has 0 saturated carbocycles. The maximum absolute atomic E-state index is 5.62. The summed E-state index contributed by atoms with van der Waals surface area (Å²) < 4.78 is 0. The van der Waals surface area contributed by atoms with Gasteiger partial charge in [0, 0.05) is 43.3 Å². The molecular weight excluding hydrogens is 244 g/mol. The predicted molar refractivity (Wildman–Crippen MR) is 71.1 cm³/mol. The third kappa shape index (κ3) is 3.31. The van der Waals surface area contributed by atoms with Crippen LogP contribution in [0.2, 0.25) is 0 Å². The molecule has 0 radical (unpaired) electrons. The number of nitrogens with zero attached hydrogens (tertiary/aromatic N) is 3. The van der Waals surface area contributed by atoms with E-state index in [1.807, 2.05) is 6.20 Å². The summed E-state index contributed by atoms with van der Waals surface area (Å²) in [5, 5.41) is 0.673. The van der Waals surface area contributed by atoms with Crippen LogP contribution in [0, 0.1) is 0 Å². The molecule has 2 heterocycles. The lowest BCUT2D eigenvalue weighted by atomic mass is 10.2. The van der Waals surface area contributed by atoms with Crippen LogP contribution < -0.4 is 5.73 Å². The number of likely N-dealkylation sites (N-methyl/N-ethyl adjacent to an activating group) is 1. The molecule has 1 aliphatic heterocycles. The molecule has 0 aliphatic carbocycles. The number of nitrogens with two attached hydrogens (primary N) is 1. The third-order valence-electron chi connectivity index (χ3n) is 2.90. The maximum atomic E-state index is 5.62. The van der Waals surface area contributed by atoms with Crippen LogP contribution in [0.3, 0.4) is 0 Å². The van der Waals surface area contributed by atoms with Crippen molar-refractivity contribution < 1.29 is 0 Å². The molecule has 0 amide bonds. The Bertz CT molecular complexity index is 330. The standard InChI is InChI=1S/C10H18N4S.ClH/c1-8-6-13(2)3-4-14(8)7-9-5-12-10(11)15-9;/h5,8H,3-4,6-7H2,1-2H3,(H2,11,12);1H. The van der Waals surface area contributed by atoms with Crippen LogP contribution in [0.1, 0.15) is 11.8 Å². The number of thiazole rings is 1. The molecule has 16 heavy (non-hydrogen) atoms. The average Bonchev–Trinajstić information content (AvgIpc) is 2.56. The Hall–Kier alpha value is -0.360. The van der Waals surface area contributed by atoms with Crippen LogP contribution >= 0.6 is 23.7 Å². The molecule has 1 aliphatic rings. The van der Waals surface area contributed by atoms with Gasteiger partial charge >= 0.3 is 0 Å². The van der Waals surface area contributed by atoms with Crippen LogP contribution in [-0.4, -0.2) is 47.5 Å². The highest BCUT2D eigenvalue weighted by atomic mass is 35.5. The highest BCUT2D eigenvalue weighted by molar-refractivity contribution is 7.15. The van der Waals surface area contributed by atoms with E-state index in [-0.39, 0.29) is 12.4 Å². The summed E-state index contributed by atoms with van der Waals surface area (Å²) in [5.74, 6) is 0. The fourth-order valence-corrected chi connectivity index (χ4v) is 2.72. The van der Waals surface area contributed by atoms with Crippen molar-refractivity contribution >= 4 is 28.9 Å².